The number of pyridine rings is 1. The number of rotatable bonds is 10. The molecule has 11 nitrogen and oxygen atoms in total. The molecule has 2 amide bonds. The first-order chi connectivity index (χ1) is 21.9. The van der Waals surface area contributed by atoms with Gasteiger partial charge >= 0.3 is 5.84 Å². The van der Waals surface area contributed by atoms with Crippen LogP contribution in [0.5, 0.6) is 5.75 Å². The van der Waals surface area contributed by atoms with Gasteiger partial charge in [-0.15, -0.1) is 0 Å². The summed E-state index contributed by atoms with van der Waals surface area (Å²) in [6.07, 6.45) is 8.29. The summed E-state index contributed by atoms with van der Waals surface area (Å²) >= 11 is 0. The van der Waals surface area contributed by atoms with Crippen molar-refractivity contribution in [1.82, 2.24) is 20.1 Å². The maximum Gasteiger partial charge on any atom is 0.308 e. The Balaban J connectivity index is 1.10. The molecule has 0 bridgehead atoms. The highest BCUT2D eigenvalue weighted by atomic mass is 16.5. The Hall–Kier alpha value is -5.00. The maximum atomic E-state index is 12.9. The van der Waals surface area contributed by atoms with Crippen LogP contribution >= 0.6 is 0 Å². The number of fused-ring (bicyclic) bond motifs is 1. The molecule has 1 radical (unpaired) electrons. The monoisotopic (exact) mass is 607 g/mol. The summed E-state index contributed by atoms with van der Waals surface area (Å²) in [5, 5.41) is 6.50. The van der Waals surface area contributed by atoms with E-state index in [1.165, 1.54) is 0 Å². The standard InChI is InChI=1S/C34H37N7O4/c1-24(18-25-6-9-29(44-2)10-7-25)37-32(42)20-26-4-3-5-28(19-26)41-22-30(33-35-12-13-40(33)23-41)38-31-11-8-27(21-36-31)34(43)39-14-16-45-17-15-39/h3-13,19,21-22,24H,14-18,20,23H2,1-2H3,(H,36,38)(H,37,42)/q+1. The van der Waals surface area contributed by atoms with Crippen molar-refractivity contribution in [3.05, 3.63) is 108 Å². The molecule has 45 heavy (non-hydrogen) atoms. The van der Waals surface area contributed by atoms with E-state index in [2.05, 4.69) is 25.5 Å². The minimum atomic E-state index is -0.0452. The number of amides is 2. The van der Waals surface area contributed by atoms with E-state index in [1.54, 1.807) is 36.5 Å². The molecule has 11 heteroatoms. The van der Waals surface area contributed by atoms with Gasteiger partial charge in [-0.2, -0.15) is 4.99 Å². The van der Waals surface area contributed by atoms with E-state index >= 15 is 0 Å². The van der Waals surface area contributed by atoms with Crippen molar-refractivity contribution in [2.45, 2.75) is 25.8 Å². The summed E-state index contributed by atoms with van der Waals surface area (Å²) in [5.74, 6) is 2.13. The lowest BCUT2D eigenvalue weighted by atomic mass is 10.1. The molecule has 1 saturated heterocycles. The predicted molar refractivity (Wildman–Crippen MR) is 173 cm³/mol. The Morgan fingerprint density at radius 1 is 1.07 bits per heavy atom. The van der Waals surface area contributed by atoms with Crippen molar-refractivity contribution in [2.24, 2.45) is 4.99 Å². The minimum Gasteiger partial charge on any atom is -0.497 e. The molecule has 3 aromatic rings. The number of ether oxygens (including phenoxy) is 2. The Bertz CT molecular complexity index is 1610. The van der Waals surface area contributed by atoms with Crippen molar-refractivity contribution in [1.29, 1.82) is 0 Å². The third kappa shape index (κ3) is 7.39. The van der Waals surface area contributed by atoms with Crippen LogP contribution in [0.25, 0.3) is 0 Å². The average Bonchev–Trinajstić information content (AvgIpc) is 3.55. The lowest BCUT2D eigenvalue weighted by molar-refractivity contribution is -0.121. The van der Waals surface area contributed by atoms with Crippen LogP contribution in [0.2, 0.25) is 0 Å². The molecule has 3 aliphatic heterocycles. The third-order valence-corrected chi connectivity index (χ3v) is 7.83. The summed E-state index contributed by atoms with van der Waals surface area (Å²) in [6, 6.07) is 19.5. The summed E-state index contributed by atoms with van der Waals surface area (Å²) < 4.78 is 10.6. The molecule has 0 aliphatic carbocycles. The van der Waals surface area contributed by atoms with Crippen LogP contribution in [-0.2, 0) is 22.4 Å². The van der Waals surface area contributed by atoms with E-state index < -0.39 is 0 Å². The van der Waals surface area contributed by atoms with Crippen molar-refractivity contribution in [3.63, 3.8) is 0 Å². The number of aromatic nitrogens is 1. The van der Waals surface area contributed by atoms with Crippen LogP contribution < -0.4 is 25.2 Å². The maximum absolute atomic E-state index is 12.9. The molecule has 0 spiro atoms. The Kier molecular flexibility index (Phi) is 9.18. The number of hydrogen-bond acceptors (Lipinski definition) is 9. The van der Waals surface area contributed by atoms with Gasteiger partial charge < -0.3 is 25.0 Å². The molecule has 6 rings (SSSR count). The Labute approximate surface area is 262 Å². The minimum absolute atomic E-state index is 0.00689. The van der Waals surface area contributed by atoms with E-state index in [-0.39, 0.29) is 24.3 Å². The number of nitrogens with zero attached hydrogens (tertiary/aromatic N) is 5. The summed E-state index contributed by atoms with van der Waals surface area (Å²) in [5.41, 5.74) is 4.31. The SMILES string of the molecule is COc1ccc(CC(C)NC(=O)Cc2cccc(N3C=C(Nc4ccc(C(=O)N5CCOCC5)cn4)C4=NC=C[N+]4C3)c2)cc1. The van der Waals surface area contributed by atoms with Crippen LogP contribution in [0, 0.1) is 0 Å². The van der Waals surface area contributed by atoms with Crippen LogP contribution in [-0.4, -0.2) is 73.7 Å². The highest BCUT2D eigenvalue weighted by Crippen LogP contribution is 2.25. The number of amidine groups is 1. The predicted octanol–water partition coefficient (Wildman–Crippen LogP) is 3.61. The van der Waals surface area contributed by atoms with Gasteiger partial charge in [0.2, 0.25) is 12.6 Å². The topological polar surface area (TPSA) is 114 Å². The number of morpholine rings is 1. The number of methoxy groups -OCH3 is 1. The molecular formula is C34H37N7O4+. The van der Waals surface area contributed by atoms with Gasteiger partial charge in [-0.25, -0.2) is 4.98 Å². The van der Waals surface area contributed by atoms with Gasteiger partial charge in [0.25, 0.3) is 5.91 Å². The van der Waals surface area contributed by atoms with E-state index in [1.807, 2.05) is 72.8 Å². The first kappa shape index (κ1) is 30.0. The number of hydrogen-bond donors (Lipinski definition) is 2. The van der Waals surface area contributed by atoms with Crippen LogP contribution in [0.3, 0.4) is 0 Å². The van der Waals surface area contributed by atoms with Crippen molar-refractivity contribution in [2.75, 3.05) is 50.3 Å². The second-order valence-electron chi connectivity index (χ2n) is 11.2. The summed E-state index contributed by atoms with van der Waals surface area (Å²) in [4.78, 5) is 40.7. The zero-order valence-electron chi connectivity index (χ0n) is 25.5. The van der Waals surface area contributed by atoms with Crippen LogP contribution in [0.4, 0.5) is 11.5 Å². The van der Waals surface area contributed by atoms with E-state index in [9.17, 15) is 9.59 Å². The van der Waals surface area contributed by atoms with Crippen LogP contribution in [0.1, 0.15) is 28.4 Å². The average molecular weight is 608 g/mol. The molecule has 0 saturated carbocycles. The molecule has 3 aliphatic rings. The zero-order valence-corrected chi connectivity index (χ0v) is 25.5. The molecule has 2 aromatic carbocycles. The molecule has 2 N–H and O–H groups in total. The van der Waals surface area contributed by atoms with E-state index in [0.29, 0.717) is 44.4 Å². The largest absolute Gasteiger partial charge is 0.497 e. The highest BCUT2D eigenvalue weighted by molar-refractivity contribution is 6.06. The van der Waals surface area contributed by atoms with Crippen LogP contribution in [0.15, 0.2) is 96.1 Å². The Morgan fingerprint density at radius 3 is 2.64 bits per heavy atom. The lowest BCUT2D eigenvalue weighted by Crippen LogP contribution is -2.46. The normalized spacial score (nSPS) is 16.8. The number of aliphatic imine (C=N–C) groups is 1. The quantitative estimate of drug-likeness (QED) is 0.339. The number of anilines is 2. The fourth-order valence-electron chi connectivity index (χ4n) is 5.53. The molecule has 1 fully saturated rings. The first-order valence-electron chi connectivity index (χ1n) is 15.1. The third-order valence-electron chi connectivity index (χ3n) is 7.83. The molecular weight excluding hydrogens is 570 g/mol. The lowest BCUT2D eigenvalue weighted by Gasteiger charge is -2.27. The Morgan fingerprint density at radius 2 is 1.89 bits per heavy atom. The molecule has 4 heterocycles. The second-order valence-corrected chi connectivity index (χ2v) is 11.2. The van der Waals surface area contributed by atoms with Gasteiger partial charge in [0, 0.05) is 37.2 Å². The van der Waals surface area contributed by atoms with Gasteiger partial charge in [0.15, 0.2) is 6.20 Å². The van der Waals surface area contributed by atoms with E-state index in [4.69, 9.17) is 9.47 Å². The van der Waals surface area contributed by atoms with Crippen molar-refractivity contribution in [3.8, 4) is 5.75 Å². The number of carbonyl (C=O) groups is 2. The van der Waals surface area contributed by atoms with Gasteiger partial charge in [-0.1, -0.05) is 29.2 Å². The molecule has 1 unspecified atom stereocenters. The summed E-state index contributed by atoms with van der Waals surface area (Å²) in [6.45, 7) is 4.85. The fraction of sp³-hybridized carbons (Fsp3) is 0.294. The number of nitrogens with one attached hydrogen (secondary N) is 2. The van der Waals surface area contributed by atoms with Crippen molar-refractivity contribution >= 4 is 29.2 Å². The van der Waals surface area contributed by atoms with Gasteiger partial charge in [-0.3, -0.25) is 14.5 Å². The van der Waals surface area contributed by atoms with Gasteiger partial charge in [-0.05, 0) is 60.9 Å². The zero-order chi connectivity index (χ0) is 31.2. The van der Waals surface area contributed by atoms with Gasteiger partial charge in [0.1, 0.15) is 17.3 Å². The smallest absolute Gasteiger partial charge is 0.308 e. The number of benzene rings is 2. The number of carbonyl (C=O) groups excluding carboxylic acids is 2. The first-order valence-corrected chi connectivity index (χ1v) is 15.1. The van der Waals surface area contributed by atoms with Gasteiger partial charge in [0.05, 0.1) is 38.5 Å². The highest BCUT2D eigenvalue weighted by Gasteiger charge is 2.36. The molecule has 231 valence electrons. The molecule has 1 atom stereocenters. The second kappa shape index (κ2) is 13.7. The fourth-order valence-corrected chi connectivity index (χ4v) is 5.53. The molecule has 1 aromatic heterocycles. The van der Waals surface area contributed by atoms with Crippen molar-refractivity contribution < 1.29 is 19.1 Å². The van der Waals surface area contributed by atoms with E-state index in [0.717, 1.165) is 40.5 Å². The summed E-state index contributed by atoms with van der Waals surface area (Å²) in [7, 11) is 1.65.